The Morgan fingerprint density at radius 2 is 1.84 bits per heavy atom. The van der Waals surface area contributed by atoms with Crippen LogP contribution in [0.1, 0.15) is 32.3 Å². The molecule has 2 aromatic carbocycles. The fraction of sp³-hybridized carbons (Fsp3) is 0.464. The second kappa shape index (κ2) is 9.74. The van der Waals surface area contributed by atoms with Crippen molar-refractivity contribution in [2.75, 3.05) is 18.5 Å². The van der Waals surface area contributed by atoms with E-state index in [0.29, 0.717) is 30.1 Å². The standard InChI is InChI=1S/C28H32ClN3O5/c1-17-15-28-22(21(27(17,2)37-28)24(34)30-16-18-7-4-3-5-8-18)26(36)32(13-6-14-33)23(28)25(35)31-20-11-9-19(29)10-12-20/h3-5,7-12,17,21-23,33H,6,13-16H2,1-2H3,(H,30,34)(H,31,35)/t17?,21-,22+,23?,27+,28?/m1/s1. The zero-order valence-electron chi connectivity index (χ0n) is 20.9. The van der Waals surface area contributed by atoms with Gasteiger partial charge < -0.3 is 25.4 Å². The number of hydrogen-bond donors (Lipinski definition) is 3. The van der Waals surface area contributed by atoms with E-state index in [1.54, 1.807) is 24.3 Å². The van der Waals surface area contributed by atoms with Crippen LogP contribution in [0.3, 0.4) is 0 Å². The van der Waals surface area contributed by atoms with Crippen LogP contribution in [0, 0.1) is 17.8 Å². The second-order valence-electron chi connectivity index (χ2n) is 10.5. The van der Waals surface area contributed by atoms with Gasteiger partial charge in [-0.1, -0.05) is 48.9 Å². The van der Waals surface area contributed by atoms with Crippen molar-refractivity contribution in [1.82, 2.24) is 10.2 Å². The fourth-order valence-corrected chi connectivity index (χ4v) is 6.69. The van der Waals surface area contributed by atoms with Crippen molar-refractivity contribution < 1.29 is 24.2 Å². The van der Waals surface area contributed by atoms with Crippen LogP contribution in [-0.4, -0.2) is 58.1 Å². The molecule has 196 valence electrons. The van der Waals surface area contributed by atoms with Gasteiger partial charge in [0.05, 0.1) is 17.4 Å². The van der Waals surface area contributed by atoms with Gasteiger partial charge in [0, 0.05) is 30.4 Å². The summed E-state index contributed by atoms with van der Waals surface area (Å²) in [4.78, 5) is 42.8. The SMILES string of the molecule is CC1CC23O[C@]1(C)[C@@H](C(=O)NCc1ccccc1)[C@H]2C(=O)N(CCCO)C3C(=O)Nc1ccc(Cl)cc1. The third kappa shape index (κ3) is 4.21. The van der Waals surface area contributed by atoms with E-state index in [1.807, 2.05) is 44.2 Å². The summed E-state index contributed by atoms with van der Waals surface area (Å²) in [5.41, 5.74) is -0.516. The van der Waals surface area contributed by atoms with Crippen molar-refractivity contribution in [3.63, 3.8) is 0 Å². The molecule has 9 heteroatoms. The number of nitrogens with one attached hydrogen (secondary N) is 2. The Balaban J connectivity index is 1.47. The molecule has 1 spiro atoms. The molecule has 2 bridgehead atoms. The Morgan fingerprint density at radius 1 is 1.14 bits per heavy atom. The first-order chi connectivity index (χ1) is 17.7. The maximum absolute atomic E-state index is 13.9. The highest BCUT2D eigenvalue weighted by Crippen LogP contribution is 2.65. The van der Waals surface area contributed by atoms with Crippen molar-refractivity contribution >= 4 is 35.0 Å². The van der Waals surface area contributed by atoms with Crippen LogP contribution in [0.15, 0.2) is 54.6 Å². The molecule has 3 fully saturated rings. The Labute approximate surface area is 221 Å². The predicted molar refractivity (Wildman–Crippen MR) is 139 cm³/mol. The first-order valence-electron chi connectivity index (χ1n) is 12.7. The molecule has 37 heavy (non-hydrogen) atoms. The number of anilines is 1. The van der Waals surface area contributed by atoms with E-state index >= 15 is 0 Å². The van der Waals surface area contributed by atoms with E-state index < -0.39 is 29.1 Å². The van der Waals surface area contributed by atoms with Gasteiger partial charge in [-0.2, -0.15) is 0 Å². The second-order valence-corrected chi connectivity index (χ2v) is 10.9. The monoisotopic (exact) mass is 525 g/mol. The molecule has 3 saturated heterocycles. The summed E-state index contributed by atoms with van der Waals surface area (Å²) in [6.07, 6.45) is 0.799. The number of likely N-dealkylation sites (tertiary alicyclic amines) is 1. The molecule has 3 aliphatic rings. The lowest BCUT2D eigenvalue weighted by atomic mass is 9.62. The van der Waals surface area contributed by atoms with E-state index in [9.17, 15) is 19.5 Å². The summed E-state index contributed by atoms with van der Waals surface area (Å²) in [5.74, 6) is -2.48. The molecule has 3 unspecified atom stereocenters. The van der Waals surface area contributed by atoms with Crippen LogP contribution in [0.25, 0.3) is 0 Å². The van der Waals surface area contributed by atoms with Crippen LogP contribution in [0.2, 0.25) is 5.02 Å². The van der Waals surface area contributed by atoms with Crippen molar-refractivity contribution in [1.29, 1.82) is 0 Å². The molecule has 3 aliphatic heterocycles. The van der Waals surface area contributed by atoms with Gasteiger partial charge in [0.2, 0.25) is 17.7 Å². The number of halogens is 1. The summed E-state index contributed by atoms with van der Waals surface area (Å²) in [6.45, 7) is 4.31. The highest BCUT2D eigenvalue weighted by molar-refractivity contribution is 6.30. The fourth-order valence-electron chi connectivity index (χ4n) is 6.56. The molecule has 6 atom stereocenters. The van der Waals surface area contributed by atoms with Gasteiger partial charge in [-0.15, -0.1) is 0 Å². The molecule has 2 aromatic rings. The zero-order chi connectivity index (χ0) is 26.4. The highest BCUT2D eigenvalue weighted by atomic mass is 35.5. The number of amides is 3. The van der Waals surface area contributed by atoms with Crippen molar-refractivity contribution in [2.45, 2.75) is 50.5 Å². The summed E-state index contributed by atoms with van der Waals surface area (Å²) in [6, 6.07) is 15.4. The maximum atomic E-state index is 13.9. The van der Waals surface area contributed by atoms with Crippen LogP contribution in [0.4, 0.5) is 5.69 Å². The smallest absolute Gasteiger partial charge is 0.250 e. The topological polar surface area (TPSA) is 108 Å². The average Bonchev–Trinajstić information content (AvgIpc) is 3.39. The van der Waals surface area contributed by atoms with E-state index in [4.69, 9.17) is 16.3 Å². The predicted octanol–water partition coefficient (Wildman–Crippen LogP) is 2.99. The number of nitrogens with zero attached hydrogens (tertiary/aromatic N) is 1. The van der Waals surface area contributed by atoms with Crippen molar-refractivity contribution in [3.05, 3.63) is 65.2 Å². The molecule has 3 amide bonds. The van der Waals surface area contributed by atoms with Crippen molar-refractivity contribution in [3.8, 4) is 0 Å². The Morgan fingerprint density at radius 3 is 2.51 bits per heavy atom. The summed E-state index contributed by atoms with van der Waals surface area (Å²) < 4.78 is 6.67. The summed E-state index contributed by atoms with van der Waals surface area (Å²) >= 11 is 5.99. The minimum Gasteiger partial charge on any atom is -0.396 e. The Bertz CT molecular complexity index is 1190. The molecule has 0 aromatic heterocycles. The Kier molecular flexibility index (Phi) is 6.77. The molecule has 0 radical (unpaired) electrons. The normalized spacial score (nSPS) is 31.9. The van der Waals surface area contributed by atoms with Gasteiger partial charge in [0.1, 0.15) is 11.6 Å². The minimum absolute atomic E-state index is 0.0485. The van der Waals surface area contributed by atoms with Crippen LogP contribution in [-0.2, 0) is 25.7 Å². The van der Waals surface area contributed by atoms with E-state index in [0.717, 1.165) is 5.56 Å². The van der Waals surface area contributed by atoms with Gasteiger partial charge in [-0.25, -0.2) is 0 Å². The largest absolute Gasteiger partial charge is 0.396 e. The lowest BCUT2D eigenvalue weighted by Gasteiger charge is -2.36. The molecular weight excluding hydrogens is 494 g/mol. The quantitative estimate of drug-likeness (QED) is 0.491. The van der Waals surface area contributed by atoms with Crippen molar-refractivity contribution in [2.24, 2.45) is 17.8 Å². The van der Waals surface area contributed by atoms with Gasteiger partial charge in [-0.3, -0.25) is 14.4 Å². The number of benzene rings is 2. The minimum atomic E-state index is -1.13. The summed E-state index contributed by atoms with van der Waals surface area (Å²) in [7, 11) is 0. The first-order valence-corrected chi connectivity index (χ1v) is 13.1. The third-order valence-corrected chi connectivity index (χ3v) is 8.58. The Hall–Kier alpha value is -2.94. The third-order valence-electron chi connectivity index (χ3n) is 8.32. The number of rotatable bonds is 8. The number of aliphatic hydroxyl groups is 1. The lowest BCUT2D eigenvalue weighted by Crippen LogP contribution is -2.54. The van der Waals surface area contributed by atoms with Crippen LogP contribution >= 0.6 is 11.6 Å². The number of aliphatic hydroxyl groups excluding tert-OH is 1. The number of ether oxygens (including phenoxy) is 1. The number of fused-ring (bicyclic) bond motifs is 1. The van der Waals surface area contributed by atoms with Gasteiger partial charge in [0.15, 0.2) is 0 Å². The lowest BCUT2D eigenvalue weighted by molar-refractivity contribution is -0.146. The zero-order valence-corrected chi connectivity index (χ0v) is 21.7. The molecular formula is C28H32ClN3O5. The molecule has 8 nitrogen and oxygen atoms in total. The number of carbonyl (C=O) groups excluding carboxylic acids is 3. The number of hydrogen-bond acceptors (Lipinski definition) is 5. The summed E-state index contributed by atoms with van der Waals surface area (Å²) in [5, 5.41) is 15.9. The van der Waals surface area contributed by atoms with Gasteiger partial charge in [-0.05, 0) is 55.5 Å². The molecule has 0 saturated carbocycles. The molecule has 0 aliphatic carbocycles. The average molecular weight is 526 g/mol. The maximum Gasteiger partial charge on any atom is 0.250 e. The van der Waals surface area contributed by atoms with E-state index in [1.165, 1.54) is 4.90 Å². The van der Waals surface area contributed by atoms with E-state index in [2.05, 4.69) is 10.6 Å². The van der Waals surface area contributed by atoms with Gasteiger partial charge in [0.25, 0.3) is 0 Å². The molecule has 3 N–H and O–H groups in total. The molecule has 3 heterocycles. The molecule has 5 rings (SSSR count). The first kappa shape index (κ1) is 25.7. The van der Waals surface area contributed by atoms with Crippen LogP contribution in [0.5, 0.6) is 0 Å². The number of carbonyl (C=O) groups is 3. The van der Waals surface area contributed by atoms with Gasteiger partial charge >= 0.3 is 0 Å². The van der Waals surface area contributed by atoms with E-state index in [-0.39, 0.29) is 36.8 Å². The van der Waals surface area contributed by atoms with Crippen LogP contribution < -0.4 is 10.6 Å². The highest BCUT2D eigenvalue weighted by Gasteiger charge is 2.79.